The van der Waals surface area contributed by atoms with E-state index in [2.05, 4.69) is 17.2 Å². The fourth-order valence-electron chi connectivity index (χ4n) is 2.30. The van der Waals surface area contributed by atoms with Crippen LogP contribution in [0.15, 0.2) is 36.5 Å². The maximum absolute atomic E-state index is 12.3. The van der Waals surface area contributed by atoms with Gasteiger partial charge in [-0.25, -0.2) is 4.79 Å². The summed E-state index contributed by atoms with van der Waals surface area (Å²) in [5.41, 5.74) is 1.64. The van der Waals surface area contributed by atoms with Crippen LogP contribution in [-0.2, 0) is 4.79 Å². The molecule has 2 N–H and O–H groups in total. The fraction of sp³-hybridized carbons (Fsp3) is 0.267. The SMILES string of the molecule is C=C1NC(=O)N[C@H](c2ccc(C#N)cc2)[C@H]1C(=O)N(C)C. The van der Waals surface area contributed by atoms with Crippen molar-refractivity contribution in [3.63, 3.8) is 0 Å². The lowest BCUT2D eigenvalue weighted by Crippen LogP contribution is -2.52. The number of carbonyl (C=O) groups is 2. The molecule has 2 rings (SSSR count). The molecule has 2 atom stereocenters. The Balaban J connectivity index is 2.39. The van der Waals surface area contributed by atoms with Crippen LogP contribution in [0.4, 0.5) is 4.79 Å². The highest BCUT2D eigenvalue weighted by Gasteiger charge is 2.38. The van der Waals surface area contributed by atoms with Crippen LogP contribution in [0.5, 0.6) is 0 Å². The smallest absolute Gasteiger partial charge is 0.319 e. The van der Waals surface area contributed by atoms with Gasteiger partial charge >= 0.3 is 6.03 Å². The number of nitriles is 1. The Bertz CT molecular complexity index is 628. The Kier molecular flexibility index (Phi) is 3.94. The Morgan fingerprint density at radius 3 is 2.48 bits per heavy atom. The lowest BCUT2D eigenvalue weighted by molar-refractivity contribution is -0.132. The zero-order chi connectivity index (χ0) is 15.6. The molecule has 0 bridgehead atoms. The van der Waals surface area contributed by atoms with Crippen LogP contribution in [0.25, 0.3) is 0 Å². The summed E-state index contributed by atoms with van der Waals surface area (Å²) in [6.07, 6.45) is 0. The van der Waals surface area contributed by atoms with Crippen LogP contribution in [0.1, 0.15) is 17.2 Å². The van der Waals surface area contributed by atoms with Crippen molar-refractivity contribution < 1.29 is 9.59 Å². The first-order valence-electron chi connectivity index (χ1n) is 6.41. The van der Waals surface area contributed by atoms with E-state index in [0.29, 0.717) is 11.3 Å². The molecule has 0 radical (unpaired) electrons. The van der Waals surface area contributed by atoms with Gasteiger partial charge in [0, 0.05) is 19.8 Å². The molecular formula is C15H16N4O2. The fourth-order valence-corrected chi connectivity index (χ4v) is 2.30. The predicted molar refractivity (Wildman–Crippen MR) is 76.9 cm³/mol. The van der Waals surface area contributed by atoms with Crippen molar-refractivity contribution in [2.45, 2.75) is 6.04 Å². The number of nitrogens with zero attached hydrogens (tertiary/aromatic N) is 2. The second-order valence-electron chi connectivity index (χ2n) is 5.05. The van der Waals surface area contributed by atoms with Crippen molar-refractivity contribution in [3.8, 4) is 6.07 Å². The molecule has 0 saturated carbocycles. The van der Waals surface area contributed by atoms with E-state index in [1.807, 2.05) is 6.07 Å². The summed E-state index contributed by atoms with van der Waals surface area (Å²) >= 11 is 0. The molecule has 3 amide bonds. The molecule has 1 aromatic carbocycles. The Hall–Kier alpha value is -2.81. The van der Waals surface area contributed by atoms with Gasteiger partial charge in [-0.1, -0.05) is 18.7 Å². The van der Waals surface area contributed by atoms with E-state index in [1.54, 1.807) is 38.4 Å². The quantitative estimate of drug-likeness (QED) is 0.853. The minimum absolute atomic E-state index is 0.151. The van der Waals surface area contributed by atoms with E-state index in [-0.39, 0.29) is 5.91 Å². The van der Waals surface area contributed by atoms with E-state index < -0.39 is 18.0 Å². The van der Waals surface area contributed by atoms with Gasteiger partial charge in [0.25, 0.3) is 0 Å². The molecule has 21 heavy (non-hydrogen) atoms. The second-order valence-corrected chi connectivity index (χ2v) is 5.05. The summed E-state index contributed by atoms with van der Waals surface area (Å²) < 4.78 is 0. The first-order valence-corrected chi connectivity index (χ1v) is 6.41. The van der Waals surface area contributed by atoms with Gasteiger partial charge in [-0.2, -0.15) is 5.26 Å². The Morgan fingerprint density at radius 1 is 1.33 bits per heavy atom. The van der Waals surface area contributed by atoms with E-state index in [4.69, 9.17) is 5.26 Å². The lowest BCUT2D eigenvalue weighted by atomic mass is 9.87. The molecule has 1 fully saturated rings. The number of hydrogen-bond donors (Lipinski definition) is 2. The topological polar surface area (TPSA) is 85.2 Å². The average Bonchev–Trinajstić information content (AvgIpc) is 2.46. The van der Waals surface area contributed by atoms with E-state index >= 15 is 0 Å². The first-order chi connectivity index (χ1) is 9.93. The standard InChI is InChI=1S/C15H16N4O2/c1-9-12(14(20)19(2)3)13(18-15(21)17-9)11-6-4-10(8-16)5-7-11/h4-7,12-13H,1H2,2-3H3,(H2,17,18,21)/t12-,13+/m0/s1. The third kappa shape index (κ3) is 2.87. The molecule has 0 aliphatic carbocycles. The van der Waals surface area contributed by atoms with Crippen molar-refractivity contribution >= 4 is 11.9 Å². The first kappa shape index (κ1) is 14.6. The van der Waals surface area contributed by atoms with Crippen LogP contribution in [0, 0.1) is 17.2 Å². The van der Waals surface area contributed by atoms with Crippen molar-refractivity contribution in [2.75, 3.05) is 14.1 Å². The van der Waals surface area contributed by atoms with Gasteiger partial charge in [0.2, 0.25) is 5.91 Å². The summed E-state index contributed by atoms with van der Waals surface area (Å²) in [5, 5.41) is 14.1. The maximum Gasteiger partial charge on any atom is 0.319 e. The lowest BCUT2D eigenvalue weighted by Gasteiger charge is -2.35. The second kappa shape index (κ2) is 5.67. The molecule has 1 saturated heterocycles. The Labute approximate surface area is 123 Å². The van der Waals surface area contributed by atoms with Gasteiger partial charge in [-0.15, -0.1) is 0 Å². The zero-order valence-electron chi connectivity index (χ0n) is 11.9. The maximum atomic E-state index is 12.3. The summed E-state index contributed by atoms with van der Waals surface area (Å²) in [5.74, 6) is -0.743. The van der Waals surface area contributed by atoms with Gasteiger partial charge in [0.1, 0.15) is 5.92 Å². The summed E-state index contributed by atoms with van der Waals surface area (Å²) in [6, 6.07) is 7.92. The van der Waals surface area contributed by atoms with Crippen LogP contribution >= 0.6 is 0 Å². The number of rotatable bonds is 2. The van der Waals surface area contributed by atoms with Crippen LogP contribution in [0.3, 0.4) is 0 Å². The van der Waals surface area contributed by atoms with Gasteiger partial charge in [-0.3, -0.25) is 4.79 Å². The zero-order valence-corrected chi connectivity index (χ0v) is 11.9. The average molecular weight is 284 g/mol. The van der Waals surface area contributed by atoms with Gasteiger partial charge in [0.15, 0.2) is 0 Å². The normalized spacial score (nSPS) is 21.0. The monoisotopic (exact) mass is 284 g/mol. The number of amides is 3. The molecule has 6 nitrogen and oxygen atoms in total. The van der Waals surface area contributed by atoms with Crippen molar-refractivity contribution in [3.05, 3.63) is 47.7 Å². The number of benzene rings is 1. The molecular weight excluding hydrogens is 268 g/mol. The van der Waals surface area contributed by atoms with Gasteiger partial charge in [0.05, 0.1) is 17.7 Å². The molecule has 0 unspecified atom stereocenters. The van der Waals surface area contributed by atoms with Crippen molar-refractivity contribution in [1.29, 1.82) is 5.26 Å². The number of urea groups is 1. The Morgan fingerprint density at radius 2 is 1.95 bits per heavy atom. The van der Waals surface area contributed by atoms with E-state index in [0.717, 1.165) is 5.56 Å². The van der Waals surface area contributed by atoms with Gasteiger partial charge < -0.3 is 15.5 Å². The minimum atomic E-state index is -0.592. The predicted octanol–water partition coefficient (Wildman–Crippen LogP) is 1.13. The largest absolute Gasteiger partial charge is 0.348 e. The van der Waals surface area contributed by atoms with Gasteiger partial charge in [-0.05, 0) is 17.7 Å². The molecule has 108 valence electrons. The molecule has 6 heteroatoms. The number of hydrogen-bond acceptors (Lipinski definition) is 3. The number of carbonyl (C=O) groups excluding carboxylic acids is 2. The third-order valence-corrected chi connectivity index (χ3v) is 3.38. The van der Waals surface area contributed by atoms with E-state index in [9.17, 15) is 9.59 Å². The molecule has 1 aromatic rings. The summed E-state index contributed by atoms with van der Waals surface area (Å²) in [6.45, 7) is 3.79. The van der Waals surface area contributed by atoms with Crippen LogP contribution in [0.2, 0.25) is 0 Å². The number of nitrogens with one attached hydrogen (secondary N) is 2. The highest BCUT2D eigenvalue weighted by molar-refractivity contribution is 5.87. The molecule has 0 aromatic heterocycles. The highest BCUT2D eigenvalue weighted by atomic mass is 16.2. The molecule has 1 aliphatic rings. The van der Waals surface area contributed by atoms with Crippen molar-refractivity contribution in [1.82, 2.24) is 15.5 Å². The summed E-state index contributed by atoms with van der Waals surface area (Å²) in [7, 11) is 3.31. The molecule has 1 aliphatic heterocycles. The third-order valence-electron chi connectivity index (χ3n) is 3.38. The molecule has 0 spiro atoms. The minimum Gasteiger partial charge on any atom is -0.348 e. The molecule has 1 heterocycles. The van der Waals surface area contributed by atoms with E-state index in [1.165, 1.54) is 4.90 Å². The van der Waals surface area contributed by atoms with Crippen molar-refractivity contribution in [2.24, 2.45) is 5.92 Å². The summed E-state index contributed by atoms with van der Waals surface area (Å²) in [4.78, 5) is 25.5. The van der Waals surface area contributed by atoms with Crippen LogP contribution < -0.4 is 10.6 Å². The van der Waals surface area contributed by atoms with Crippen LogP contribution in [-0.4, -0.2) is 30.9 Å². The highest BCUT2D eigenvalue weighted by Crippen LogP contribution is 2.30.